The second-order valence-electron chi connectivity index (χ2n) is 8.76. The third-order valence-corrected chi connectivity index (χ3v) is 7.12. The van der Waals surface area contributed by atoms with Crippen molar-refractivity contribution < 1.29 is 24.6 Å². The van der Waals surface area contributed by atoms with E-state index in [0.717, 1.165) is 44.6 Å². The van der Waals surface area contributed by atoms with Crippen molar-refractivity contribution in [3.05, 3.63) is 28.2 Å². The van der Waals surface area contributed by atoms with Crippen LogP contribution >= 0.6 is 15.9 Å². The number of hydrogen-bond donors (Lipinski definition) is 2. The van der Waals surface area contributed by atoms with Crippen LogP contribution in [0.3, 0.4) is 0 Å². The summed E-state index contributed by atoms with van der Waals surface area (Å²) in [7, 11) is 0. The number of aromatic hydroxyl groups is 1. The molecule has 2 heterocycles. The summed E-state index contributed by atoms with van der Waals surface area (Å²) in [4.78, 5) is 41.8. The summed E-state index contributed by atoms with van der Waals surface area (Å²) in [5.74, 6) is -0.782. The topological polar surface area (TPSA) is 101 Å². The Kier molecular flexibility index (Phi) is 8.53. The molecule has 2 aliphatic rings. The van der Waals surface area contributed by atoms with Gasteiger partial charge in [-0.1, -0.05) is 13.0 Å². The predicted octanol–water partition coefficient (Wildman–Crippen LogP) is 2.33. The summed E-state index contributed by atoms with van der Waals surface area (Å²) in [6, 6.07) is 5.76. The number of carbonyl (C=O) groups is 3. The van der Waals surface area contributed by atoms with Gasteiger partial charge in [-0.15, -0.1) is 0 Å². The molecule has 2 N–H and O–H groups in total. The number of likely N-dealkylation sites (tertiary alicyclic amines) is 1. The highest BCUT2D eigenvalue weighted by atomic mass is 79.9. The van der Waals surface area contributed by atoms with Crippen LogP contribution in [-0.4, -0.2) is 88.0 Å². The first-order valence-corrected chi connectivity index (χ1v) is 12.0. The zero-order valence-corrected chi connectivity index (χ0v) is 20.1. The molecule has 2 amide bonds. The van der Waals surface area contributed by atoms with Gasteiger partial charge in [0.2, 0.25) is 11.8 Å². The fraction of sp³-hybridized carbons (Fsp3) is 0.609. The molecule has 0 aliphatic carbocycles. The average Bonchev–Trinajstić information content (AvgIpc) is 2.79. The summed E-state index contributed by atoms with van der Waals surface area (Å²) in [6.45, 7) is 6.30. The van der Waals surface area contributed by atoms with E-state index in [-0.39, 0.29) is 36.3 Å². The Morgan fingerprint density at radius 2 is 1.69 bits per heavy atom. The highest BCUT2D eigenvalue weighted by molar-refractivity contribution is 9.10. The Morgan fingerprint density at radius 3 is 2.28 bits per heavy atom. The number of hydrogen-bond acceptors (Lipinski definition) is 5. The number of phenols is 1. The number of rotatable bonds is 7. The zero-order valence-electron chi connectivity index (χ0n) is 18.5. The average molecular weight is 510 g/mol. The van der Waals surface area contributed by atoms with Crippen LogP contribution in [0.4, 0.5) is 0 Å². The van der Waals surface area contributed by atoms with Gasteiger partial charge in [-0.05, 0) is 52.9 Å². The standard InChI is InChI=1S/C23H32BrN3O5/c1-16(14-17-2-3-20(28)19(24)15-17)23(32)27-8-6-18(7-9-27)25-10-12-26(13-11-25)21(29)4-5-22(30)31/h2-3,15-16,18,28H,4-14H2,1H3,(H,30,31)/t16-/m1/s1. The molecule has 3 rings (SSSR count). The third-order valence-electron chi connectivity index (χ3n) is 6.49. The summed E-state index contributed by atoms with van der Waals surface area (Å²) in [5, 5.41) is 18.4. The molecule has 176 valence electrons. The lowest BCUT2D eigenvalue weighted by molar-refractivity contribution is -0.141. The molecule has 0 saturated carbocycles. The van der Waals surface area contributed by atoms with Gasteiger partial charge < -0.3 is 20.0 Å². The van der Waals surface area contributed by atoms with Gasteiger partial charge in [-0.25, -0.2) is 0 Å². The number of nitrogens with zero attached hydrogens (tertiary/aromatic N) is 3. The van der Waals surface area contributed by atoms with Gasteiger partial charge >= 0.3 is 5.97 Å². The van der Waals surface area contributed by atoms with Crippen LogP contribution in [0.1, 0.15) is 38.2 Å². The van der Waals surface area contributed by atoms with E-state index in [1.165, 1.54) is 0 Å². The van der Waals surface area contributed by atoms with Gasteiger partial charge in [0.05, 0.1) is 10.9 Å². The van der Waals surface area contributed by atoms with Crippen LogP contribution in [0.15, 0.2) is 22.7 Å². The molecule has 32 heavy (non-hydrogen) atoms. The molecule has 0 spiro atoms. The lowest BCUT2D eigenvalue weighted by atomic mass is 9.97. The second-order valence-corrected chi connectivity index (χ2v) is 9.61. The van der Waals surface area contributed by atoms with E-state index in [4.69, 9.17) is 5.11 Å². The van der Waals surface area contributed by atoms with Gasteiger partial charge in [0.1, 0.15) is 5.75 Å². The maximum absolute atomic E-state index is 12.9. The number of aliphatic carboxylic acids is 1. The van der Waals surface area contributed by atoms with Crippen molar-refractivity contribution in [2.24, 2.45) is 5.92 Å². The highest BCUT2D eigenvalue weighted by Gasteiger charge is 2.31. The van der Waals surface area contributed by atoms with E-state index in [2.05, 4.69) is 20.8 Å². The Bertz CT molecular complexity index is 833. The highest BCUT2D eigenvalue weighted by Crippen LogP contribution is 2.26. The summed E-state index contributed by atoms with van der Waals surface area (Å²) >= 11 is 3.32. The number of amides is 2. The Balaban J connectivity index is 1.42. The number of carboxylic acids is 1. The minimum absolute atomic E-state index is 0.0646. The van der Waals surface area contributed by atoms with Crippen molar-refractivity contribution >= 4 is 33.7 Å². The number of carbonyl (C=O) groups excluding carboxylic acids is 2. The van der Waals surface area contributed by atoms with Gasteiger partial charge in [0.15, 0.2) is 0 Å². The molecule has 2 saturated heterocycles. The largest absolute Gasteiger partial charge is 0.507 e. The van der Waals surface area contributed by atoms with Crippen LogP contribution in [-0.2, 0) is 20.8 Å². The summed E-state index contributed by atoms with van der Waals surface area (Å²) in [6.07, 6.45) is 2.44. The Morgan fingerprint density at radius 1 is 1.03 bits per heavy atom. The lowest BCUT2D eigenvalue weighted by Gasteiger charge is -2.43. The van der Waals surface area contributed by atoms with Gasteiger partial charge in [0.25, 0.3) is 0 Å². The number of halogens is 1. The maximum atomic E-state index is 12.9. The number of phenolic OH excluding ortho intramolecular Hbond substituents is 1. The van der Waals surface area contributed by atoms with Crippen molar-refractivity contribution in [2.75, 3.05) is 39.3 Å². The normalized spacial score (nSPS) is 19.1. The Labute approximate surface area is 197 Å². The predicted molar refractivity (Wildman–Crippen MR) is 123 cm³/mol. The van der Waals surface area contributed by atoms with Gasteiger partial charge in [0, 0.05) is 57.6 Å². The molecule has 9 heteroatoms. The van der Waals surface area contributed by atoms with E-state index >= 15 is 0 Å². The monoisotopic (exact) mass is 509 g/mol. The number of piperazine rings is 1. The van der Waals surface area contributed by atoms with E-state index < -0.39 is 5.97 Å². The molecule has 0 unspecified atom stereocenters. The Hall–Kier alpha value is -2.13. The summed E-state index contributed by atoms with van der Waals surface area (Å²) < 4.78 is 0.638. The molecule has 0 aromatic heterocycles. The molecule has 1 aromatic rings. The summed E-state index contributed by atoms with van der Waals surface area (Å²) in [5.41, 5.74) is 1.01. The van der Waals surface area contributed by atoms with Crippen molar-refractivity contribution in [2.45, 2.75) is 45.1 Å². The van der Waals surface area contributed by atoms with Crippen LogP contribution in [0.25, 0.3) is 0 Å². The van der Waals surface area contributed by atoms with E-state index in [1.807, 2.05) is 24.0 Å². The number of carboxylic acid groups (broad SMARTS) is 1. The van der Waals surface area contributed by atoms with E-state index in [1.54, 1.807) is 11.0 Å². The maximum Gasteiger partial charge on any atom is 0.303 e. The number of piperidine rings is 1. The minimum Gasteiger partial charge on any atom is -0.507 e. The first-order chi connectivity index (χ1) is 15.2. The lowest BCUT2D eigenvalue weighted by Crippen LogP contribution is -2.55. The number of benzene rings is 1. The third kappa shape index (κ3) is 6.45. The van der Waals surface area contributed by atoms with Crippen LogP contribution in [0, 0.1) is 5.92 Å². The zero-order chi connectivity index (χ0) is 23.3. The molecule has 2 fully saturated rings. The van der Waals surface area contributed by atoms with Gasteiger partial charge in [-0.3, -0.25) is 19.3 Å². The molecule has 1 aromatic carbocycles. The smallest absolute Gasteiger partial charge is 0.303 e. The first-order valence-electron chi connectivity index (χ1n) is 11.2. The van der Waals surface area contributed by atoms with Crippen molar-refractivity contribution in [3.8, 4) is 5.75 Å². The fourth-order valence-electron chi connectivity index (χ4n) is 4.59. The first kappa shape index (κ1) is 24.5. The molecule has 8 nitrogen and oxygen atoms in total. The SMILES string of the molecule is C[C@H](Cc1ccc(O)c(Br)c1)C(=O)N1CCC(N2CCN(C(=O)CCC(=O)O)CC2)CC1. The van der Waals surface area contributed by atoms with Crippen LogP contribution in [0.2, 0.25) is 0 Å². The quantitative estimate of drug-likeness (QED) is 0.584. The molecular weight excluding hydrogens is 478 g/mol. The molecular formula is C23H32BrN3O5. The van der Waals surface area contributed by atoms with Crippen LogP contribution in [0.5, 0.6) is 5.75 Å². The van der Waals surface area contributed by atoms with Crippen molar-refractivity contribution in [3.63, 3.8) is 0 Å². The van der Waals surface area contributed by atoms with E-state index in [9.17, 15) is 19.5 Å². The molecule has 1 atom stereocenters. The van der Waals surface area contributed by atoms with Crippen molar-refractivity contribution in [1.82, 2.24) is 14.7 Å². The van der Waals surface area contributed by atoms with E-state index in [0.29, 0.717) is 30.0 Å². The van der Waals surface area contributed by atoms with Gasteiger partial charge in [-0.2, -0.15) is 0 Å². The minimum atomic E-state index is -0.941. The van der Waals surface area contributed by atoms with Crippen LogP contribution < -0.4 is 0 Å². The fourth-order valence-corrected chi connectivity index (χ4v) is 5.02. The second kappa shape index (κ2) is 11.1. The molecule has 0 radical (unpaired) electrons. The molecule has 2 aliphatic heterocycles. The molecule has 0 bridgehead atoms. The van der Waals surface area contributed by atoms with Crippen molar-refractivity contribution in [1.29, 1.82) is 0 Å².